The Bertz CT molecular complexity index is 794. The summed E-state index contributed by atoms with van der Waals surface area (Å²) in [5.41, 5.74) is 3.46. The third-order valence-electron chi connectivity index (χ3n) is 5.44. The molecule has 4 heteroatoms. The molecule has 1 fully saturated rings. The molecule has 2 heterocycles. The average molecular weight is 351 g/mol. The first-order valence-corrected chi connectivity index (χ1v) is 9.41. The fraction of sp³-hybridized carbons (Fsp3) is 0.409. The summed E-state index contributed by atoms with van der Waals surface area (Å²) in [5.74, 6) is 1.77. The highest BCUT2D eigenvalue weighted by atomic mass is 16.6. The van der Waals surface area contributed by atoms with Crippen molar-refractivity contribution in [1.29, 1.82) is 0 Å². The highest BCUT2D eigenvalue weighted by Gasteiger charge is 2.27. The van der Waals surface area contributed by atoms with Crippen LogP contribution in [0.4, 0.5) is 0 Å². The molecule has 2 aliphatic rings. The lowest BCUT2D eigenvalue weighted by molar-refractivity contribution is 0.0833. The van der Waals surface area contributed by atoms with Crippen LogP contribution in [0.25, 0.3) is 0 Å². The summed E-state index contributed by atoms with van der Waals surface area (Å²) in [4.78, 5) is 15.3. The van der Waals surface area contributed by atoms with Crippen molar-refractivity contribution < 1.29 is 14.3 Å². The first kappa shape index (κ1) is 17.1. The number of ketones is 1. The van der Waals surface area contributed by atoms with Crippen LogP contribution in [0.3, 0.4) is 0 Å². The van der Waals surface area contributed by atoms with Crippen molar-refractivity contribution in [3.63, 3.8) is 0 Å². The summed E-state index contributed by atoms with van der Waals surface area (Å²) in [5, 5.41) is 0. The first-order valence-electron chi connectivity index (χ1n) is 9.41. The zero-order valence-corrected chi connectivity index (χ0v) is 15.2. The van der Waals surface area contributed by atoms with Gasteiger partial charge in [-0.05, 0) is 62.2 Å². The molecule has 0 bridgehead atoms. The maximum absolute atomic E-state index is 12.9. The lowest BCUT2D eigenvalue weighted by Gasteiger charge is -2.31. The Labute approximate surface area is 154 Å². The Morgan fingerprint density at radius 2 is 1.77 bits per heavy atom. The van der Waals surface area contributed by atoms with Gasteiger partial charge in [-0.3, -0.25) is 9.69 Å². The number of hydrogen-bond donors (Lipinski definition) is 0. The lowest BCUT2D eigenvalue weighted by atomic mass is 9.88. The van der Waals surface area contributed by atoms with Crippen LogP contribution in [0.1, 0.15) is 34.3 Å². The average Bonchev–Trinajstić information content (AvgIpc) is 2.69. The summed E-state index contributed by atoms with van der Waals surface area (Å²) < 4.78 is 11.2. The monoisotopic (exact) mass is 351 g/mol. The van der Waals surface area contributed by atoms with Gasteiger partial charge in [0.15, 0.2) is 17.3 Å². The molecule has 2 aliphatic heterocycles. The van der Waals surface area contributed by atoms with Gasteiger partial charge in [0, 0.05) is 18.0 Å². The summed E-state index contributed by atoms with van der Waals surface area (Å²) in [6.07, 6.45) is 1.83. The number of ether oxygens (including phenoxy) is 2. The SMILES string of the molecule is Cc1ccccc1CN1CCC(C(=O)c2ccc3c(c2)OCCO3)CC1. The van der Waals surface area contributed by atoms with E-state index in [9.17, 15) is 4.79 Å². The smallest absolute Gasteiger partial charge is 0.166 e. The summed E-state index contributed by atoms with van der Waals surface area (Å²) in [7, 11) is 0. The second kappa shape index (κ2) is 7.50. The largest absolute Gasteiger partial charge is 0.486 e. The first-order chi connectivity index (χ1) is 12.7. The van der Waals surface area contributed by atoms with Gasteiger partial charge in [-0.2, -0.15) is 0 Å². The Morgan fingerprint density at radius 1 is 1.04 bits per heavy atom. The number of benzene rings is 2. The van der Waals surface area contributed by atoms with E-state index in [-0.39, 0.29) is 11.7 Å². The zero-order chi connectivity index (χ0) is 17.9. The van der Waals surface area contributed by atoms with E-state index in [2.05, 4.69) is 36.1 Å². The van der Waals surface area contributed by atoms with Gasteiger partial charge in [0.2, 0.25) is 0 Å². The normalized spacial score (nSPS) is 17.9. The number of carbonyl (C=O) groups excluding carboxylic acids is 1. The third kappa shape index (κ3) is 3.61. The molecule has 4 rings (SSSR count). The second-order valence-electron chi connectivity index (χ2n) is 7.20. The van der Waals surface area contributed by atoms with E-state index in [0.717, 1.165) is 43.8 Å². The van der Waals surface area contributed by atoms with Gasteiger partial charge in [-0.1, -0.05) is 24.3 Å². The van der Waals surface area contributed by atoms with Gasteiger partial charge in [0.1, 0.15) is 13.2 Å². The Morgan fingerprint density at radius 3 is 2.54 bits per heavy atom. The van der Waals surface area contributed by atoms with E-state index in [0.29, 0.717) is 19.0 Å². The number of Topliss-reactive ketones (excluding diaryl/α,β-unsaturated/α-hetero) is 1. The minimum Gasteiger partial charge on any atom is -0.486 e. The molecule has 136 valence electrons. The van der Waals surface area contributed by atoms with Gasteiger partial charge in [-0.25, -0.2) is 0 Å². The number of carbonyl (C=O) groups is 1. The minimum atomic E-state index is 0.102. The Kier molecular flexibility index (Phi) is 4.93. The Hall–Kier alpha value is -2.33. The third-order valence-corrected chi connectivity index (χ3v) is 5.44. The van der Waals surface area contributed by atoms with Gasteiger partial charge >= 0.3 is 0 Å². The molecule has 0 amide bonds. The van der Waals surface area contributed by atoms with Crippen molar-refractivity contribution in [3.05, 3.63) is 59.2 Å². The van der Waals surface area contributed by atoms with Gasteiger partial charge < -0.3 is 9.47 Å². The van der Waals surface area contributed by atoms with E-state index < -0.39 is 0 Å². The number of rotatable bonds is 4. The fourth-order valence-electron chi connectivity index (χ4n) is 3.81. The number of nitrogens with zero attached hydrogens (tertiary/aromatic N) is 1. The van der Waals surface area contributed by atoms with E-state index in [4.69, 9.17) is 9.47 Å². The van der Waals surface area contributed by atoms with Crippen LogP contribution in [0, 0.1) is 12.8 Å². The number of aryl methyl sites for hydroxylation is 1. The van der Waals surface area contributed by atoms with Gasteiger partial charge in [-0.15, -0.1) is 0 Å². The molecule has 2 aromatic rings. The van der Waals surface area contributed by atoms with E-state index in [1.54, 1.807) is 0 Å². The van der Waals surface area contributed by atoms with Crippen LogP contribution in [-0.4, -0.2) is 37.0 Å². The maximum atomic E-state index is 12.9. The van der Waals surface area contributed by atoms with Crippen LogP contribution >= 0.6 is 0 Å². The van der Waals surface area contributed by atoms with E-state index in [1.807, 2.05) is 18.2 Å². The molecule has 0 unspecified atom stereocenters. The van der Waals surface area contributed by atoms with Crippen LogP contribution in [-0.2, 0) is 6.54 Å². The molecule has 0 radical (unpaired) electrons. The Balaban J connectivity index is 1.37. The van der Waals surface area contributed by atoms with Crippen molar-refractivity contribution in [2.75, 3.05) is 26.3 Å². The molecular formula is C22H25NO3. The number of hydrogen-bond acceptors (Lipinski definition) is 4. The zero-order valence-electron chi connectivity index (χ0n) is 15.2. The highest BCUT2D eigenvalue weighted by molar-refractivity contribution is 5.98. The van der Waals surface area contributed by atoms with Gasteiger partial charge in [0.05, 0.1) is 0 Å². The van der Waals surface area contributed by atoms with Crippen LogP contribution < -0.4 is 9.47 Å². The van der Waals surface area contributed by atoms with Crippen LogP contribution in [0.2, 0.25) is 0 Å². The van der Waals surface area contributed by atoms with E-state index >= 15 is 0 Å². The van der Waals surface area contributed by atoms with E-state index in [1.165, 1.54) is 11.1 Å². The molecule has 26 heavy (non-hydrogen) atoms. The highest BCUT2D eigenvalue weighted by Crippen LogP contribution is 2.32. The minimum absolute atomic E-state index is 0.102. The standard InChI is InChI=1S/C22H25NO3/c1-16-4-2-3-5-19(16)15-23-10-8-17(9-11-23)22(24)18-6-7-20-21(14-18)26-13-12-25-20/h2-7,14,17H,8-13,15H2,1H3. The second-order valence-corrected chi connectivity index (χ2v) is 7.20. The summed E-state index contributed by atoms with van der Waals surface area (Å²) >= 11 is 0. The topological polar surface area (TPSA) is 38.8 Å². The fourth-order valence-corrected chi connectivity index (χ4v) is 3.81. The summed E-state index contributed by atoms with van der Waals surface area (Å²) in [6, 6.07) is 14.1. The molecule has 2 aromatic carbocycles. The van der Waals surface area contributed by atoms with Crippen molar-refractivity contribution in [1.82, 2.24) is 4.90 Å². The van der Waals surface area contributed by atoms with Crippen molar-refractivity contribution in [2.45, 2.75) is 26.3 Å². The molecule has 0 aliphatic carbocycles. The molecule has 0 aromatic heterocycles. The predicted molar refractivity (Wildman–Crippen MR) is 101 cm³/mol. The molecule has 4 nitrogen and oxygen atoms in total. The predicted octanol–water partition coefficient (Wildman–Crippen LogP) is 3.86. The molecule has 0 saturated carbocycles. The number of likely N-dealkylation sites (tertiary alicyclic amines) is 1. The van der Waals surface area contributed by atoms with Crippen molar-refractivity contribution in [2.24, 2.45) is 5.92 Å². The van der Waals surface area contributed by atoms with Gasteiger partial charge in [0.25, 0.3) is 0 Å². The number of piperidine rings is 1. The summed E-state index contributed by atoms with van der Waals surface area (Å²) in [6.45, 7) is 6.18. The van der Waals surface area contributed by atoms with Crippen molar-refractivity contribution >= 4 is 5.78 Å². The molecule has 1 saturated heterocycles. The van der Waals surface area contributed by atoms with Crippen molar-refractivity contribution in [3.8, 4) is 11.5 Å². The molecule has 0 spiro atoms. The maximum Gasteiger partial charge on any atom is 0.166 e. The van der Waals surface area contributed by atoms with Crippen LogP contribution in [0.5, 0.6) is 11.5 Å². The quantitative estimate of drug-likeness (QED) is 0.784. The van der Waals surface area contributed by atoms with Crippen LogP contribution in [0.15, 0.2) is 42.5 Å². The number of fused-ring (bicyclic) bond motifs is 1. The lowest BCUT2D eigenvalue weighted by Crippen LogP contribution is -2.36. The molecule has 0 N–H and O–H groups in total. The molecular weight excluding hydrogens is 326 g/mol. The molecule has 0 atom stereocenters.